The Hall–Kier alpha value is -1.68. The number of carbonyl (C=O) groups is 2. The van der Waals surface area contributed by atoms with Crippen molar-refractivity contribution in [1.29, 1.82) is 0 Å². The number of benzene rings is 1. The van der Waals surface area contributed by atoms with E-state index in [1.165, 1.54) is 4.90 Å². The standard InChI is InChI=1S/C16H20N2O2/c1-2-17-10-11-4-3-5-14(8-11)18-15(19)12-6-7-13(9-12)16(18)20/h3-5,8,12-13,17H,2,6-7,9-10H2,1H3. The van der Waals surface area contributed by atoms with Crippen LogP contribution in [0, 0.1) is 11.8 Å². The summed E-state index contributed by atoms with van der Waals surface area (Å²) in [6.07, 6.45) is 2.48. The first-order chi connectivity index (χ1) is 9.70. The Balaban J connectivity index is 1.88. The Labute approximate surface area is 119 Å². The number of fused-ring (bicyclic) bond motifs is 2. The second-order valence-electron chi connectivity index (χ2n) is 5.67. The van der Waals surface area contributed by atoms with Gasteiger partial charge in [-0.15, -0.1) is 0 Å². The van der Waals surface area contributed by atoms with E-state index in [9.17, 15) is 9.59 Å². The number of amides is 2. The van der Waals surface area contributed by atoms with E-state index >= 15 is 0 Å². The summed E-state index contributed by atoms with van der Waals surface area (Å²) in [6, 6.07) is 7.73. The van der Waals surface area contributed by atoms with E-state index in [0.717, 1.165) is 43.6 Å². The molecular formula is C16H20N2O2. The molecule has 2 fully saturated rings. The van der Waals surface area contributed by atoms with E-state index < -0.39 is 0 Å². The van der Waals surface area contributed by atoms with Crippen molar-refractivity contribution in [1.82, 2.24) is 5.32 Å². The summed E-state index contributed by atoms with van der Waals surface area (Å²) in [4.78, 5) is 26.2. The maximum absolute atomic E-state index is 12.4. The Morgan fingerprint density at radius 3 is 2.55 bits per heavy atom. The van der Waals surface area contributed by atoms with Crippen LogP contribution in [0.4, 0.5) is 5.69 Å². The second-order valence-corrected chi connectivity index (χ2v) is 5.67. The maximum Gasteiger partial charge on any atom is 0.236 e. The lowest BCUT2D eigenvalue weighted by Gasteiger charge is -2.29. The summed E-state index contributed by atoms with van der Waals surface area (Å²) in [5.41, 5.74) is 1.83. The molecule has 1 aliphatic carbocycles. The first-order valence-corrected chi connectivity index (χ1v) is 7.38. The van der Waals surface area contributed by atoms with Crippen LogP contribution in [0.25, 0.3) is 0 Å². The monoisotopic (exact) mass is 272 g/mol. The van der Waals surface area contributed by atoms with Crippen molar-refractivity contribution in [2.75, 3.05) is 11.4 Å². The maximum atomic E-state index is 12.4. The lowest BCUT2D eigenvalue weighted by Crippen LogP contribution is -2.46. The average Bonchev–Trinajstić information content (AvgIpc) is 2.91. The third kappa shape index (κ3) is 2.24. The van der Waals surface area contributed by atoms with Crippen molar-refractivity contribution in [3.05, 3.63) is 29.8 Å². The minimum absolute atomic E-state index is 0.00986. The number of nitrogens with one attached hydrogen (secondary N) is 1. The minimum Gasteiger partial charge on any atom is -0.313 e. The minimum atomic E-state index is -0.00986. The molecule has 0 radical (unpaired) electrons. The van der Waals surface area contributed by atoms with Crippen LogP contribution in [-0.4, -0.2) is 18.4 Å². The molecule has 1 heterocycles. The second kappa shape index (κ2) is 5.37. The summed E-state index contributed by atoms with van der Waals surface area (Å²) in [5, 5.41) is 3.26. The van der Waals surface area contributed by atoms with Gasteiger partial charge in [-0.25, -0.2) is 0 Å². The molecule has 1 N–H and O–H groups in total. The zero-order valence-electron chi connectivity index (χ0n) is 11.8. The fourth-order valence-electron chi connectivity index (χ4n) is 3.23. The van der Waals surface area contributed by atoms with Gasteiger partial charge in [0.15, 0.2) is 0 Å². The Morgan fingerprint density at radius 2 is 1.90 bits per heavy atom. The van der Waals surface area contributed by atoms with Gasteiger partial charge in [0.25, 0.3) is 0 Å². The number of imide groups is 1. The number of hydrogen-bond donors (Lipinski definition) is 1. The molecule has 2 aliphatic rings. The van der Waals surface area contributed by atoms with E-state index in [4.69, 9.17) is 0 Å². The molecule has 106 valence electrons. The molecule has 1 aromatic carbocycles. The van der Waals surface area contributed by atoms with E-state index in [0.29, 0.717) is 0 Å². The van der Waals surface area contributed by atoms with Crippen molar-refractivity contribution in [3.8, 4) is 0 Å². The Kier molecular flexibility index (Phi) is 3.57. The van der Waals surface area contributed by atoms with Gasteiger partial charge >= 0.3 is 0 Å². The van der Waals surface area contributed by atoms with Crippen molar-refractivity contribution in [2.45, 2.75) is 32.7 Å². The fourth-order valence-corrected chi connectivity index (χ4v) is 3.23. The van der Waals surface area contributed by atoms with Crippen LogP contribution >= 0.6 is 0 Å². The molecule has 4 nitrogen and oxygen atoms in total. The van der Waals surface area contributed by atoms with Crippen LogP contribution in [0.2, 0.25) is 0 Å². The predicted octanol–water partition coefficient (Wildman–Crippen LogP) is 2.09. The highest BCUT2D eigenvalue weighted by atomic mass is 16.2. The lowest BCUT2D eigenvalue weighted by atomic mass is 9.96. The van der Waals surface area contributed by atoms with E-state index in [-0.39, 0.29) is 23.7 Å². The quantitative estimate of drug-likeness (QED) is 0.854. The number of nitrogens with zero attached hydrogens (tertiary/aromatic N) is 1. The molecule has 0 aromatic heterocycles. The van der Waals surface area contributed by atoms with Gasteiger partial charge < -0.3 is 5.32 Å². The summed E-state index contributed by atoms with van der Waals surface area (Å²) in [6.45, 7) is 3.71. The molecule has 1 saturated heterocycles. The molecule has 2 unspecified atom stereocenters. The summed E-state index contributed by atoms with van der Waals surface area (Å²) < 4.78 is 0. The lowest BCUT2D eigenvalue weighted by molar-refractivity contribution is -0.132. The summed E-state index contributed by atoms with van der Waals surface area (Å²) in [7, 11) is 0. The smallest absolute Gasteiger partial charge is 0.236 e. The van der Waals surface area contributed by atoms with Crippen LogP contribution in [-0.2, 0) is 16.1 Å². The molecule has 1 saturated carbocycles. The number of piperidine rings is 1. The van der Waals surface area contributed by atoms with Gasteiger partial charge in [0.05, 0.1) is 5.69 Å². The highest BCUT2D eigenvalue weighted by molar-refractivity contribution is 6.18. The van der Waals surface area contributed by atoms with E-state index in [1.54, 1.807) is 0 Å². The van der Waals surface area contributed by atoms with Gasteiger partial charge in [0, 0.05) is 18.4 Å². The third-order valence-corrected chi connectivity index (χ3v) is 4.32. The number of carbonyl (C=O) groups excluding carboxylic acids is 2. The highest BCUT2D eigenvalue weighted by Gasteiger charge is 2.45. The molecule has 2 amide bonds. The largest absolute Gasteiger partial charge is 0.313 e. The predicted molar refractivity (Wildman–Crippen MR) is 77.1 cm³/mol. The normalized spacial score (nSPS) is 25.4. The van der Waals surface area contributed by atoms with Crippen molar-refractivity contribution in [2.24, 2.45) is 11.8 Å². The zero-order valence-corrected chi connectivity index (χ0v) is 11.8. The van der Waals surface area contributed by atoms with Crippen LogP contribution < -0.4 is 10.2 Å². The highest BCUT2D eigenvalue weighted by Crippen LogP contribution is 2.40. The van der Waals surface area contributed by atoms with Gasteiger partial charge in [0.2, 0.25) is 11.8 Å². The molecule has 4 heteroatoms. The molecule has 0 spiro atoms. The topological polar surface area (TPSA) is 49.4 Å². The summed E-state index contributed by atoms with van der Waals surface area (Å²) in [5.74, 6) is 0.0824. The number of rotatable bonds is 4. The van der Waals surface area contributed by atoms with Crippen LogP contribution in [0.1, 0.15) is 31.7 Å². The Bertz CT molecular complexity index is 519. The fraction of sp³-hybridized carbons (Fsp3) is 0.500. The van der Waals surface area contributed by atoms with E-state index in [1.807, 2.05) is 24.3 Å². The van der Waals surface area contributed by atoms with Crippen molar-refractivity contribution < 1.29 is 9.59 Å². The third-order valence-electron chi connectivity index (χ3n) is 4.32. The molecular weight excluding hydrogens is 252 g/mol. The van der Waals surface area contributed by atoms with Crippen LogP contribution in [0.5, 0.6) is 0 Å². The molecule has 20 heavy (non-hydrogen) atoms. The molecule has 2 bridgehead atoms. The van der Waals surface area contributed by atoms with Gasteiger partial charge in [-0.05, 0) is 43.5 Å². The van der Waals surface area contributed by atoms with Crippen molar-refractivity contribution >= 4 is 17.5 Å². The van der Waals surface area contributed by atoms with Gasteiger partial charge in [-0.1, -0.05) is 19.1 Å². The molecule has 1 aliphatic heterocycles. The molecule has 1 aromatic rings. The Morgan fingerprint density at radius 1 is 1.20 bits per heavy atom. The first kappa shape index (κ1) is 13.3. The van der Waals surface area contributed by atoms with Crippen LogP contribution in [0.15, 0.2) is 24.3 Å². The molecule has 2 atom stereocenters. The SMILES string of the molecule is CCNCc1cccc(N2C(=O)C3CCC(C3)C2=O)c1. The van der Waals surface area contributed by atoms with Crippen LogP contribution in [0.3, 0.4) is 0 Å². The number of anilines is 1. The van der Waals surface area contributed by atoms with E-state index in [2.05, 4.69) is 12.2 Å². The van der Waals surface area contributed by atoms with Gasteiger partial charge in [-0.2, -0.15) is 0 Å². The van der Waals surface area contributed by atoms with Crippen molar-refractivity contribution in [3.63, 3.8) is 0 Å². The van der Waals surface area contributed by atoms with Gasteiger partial charge in [0.1, 0.15) is 0 Å². The molecule has 3 rings (SSSR count). The van der Waals surface area contributed by atoms with Gasteiger partial charge in [-0.3, -0.25) is 14.5 Å². The first-order valence-electron chi connectivity index (χ1n) is 7.38. The summed E-state index contributed by atoms with van der Waals surface area (Å²) >= 11 is 0. The average molecular weight is 272 g/mol. The number of hydrogen-bond acceptors (Lipinski definition) is 3. The zero-order chi connectivity index (χ0) is 14.1.